The van der Waals surface area contributed by atoms with Gasteiger partial charge in [-0.25, -0.2) is 9.18 Å². The fourth-order valence-electron chi connectivity index (χ4n) is 1.44. The van der Waals surface area contributed by atoms with Crippen LogP contribution < -0.4 is 0 Å². The molecule has 0 aliphatic rings. The van der Waals surface area contributed by atoms with E-state index < -0.39 is 5.97 Å². The topological polar surface area (TPSA) is 26.3 Å². The van der Waals surface area contributed by atoms with E-state index in [0.29, 0.717) is 10.0 Å². The lowest BCUT2D eigenvalue weighted by atomic mass is 9.96. The number of halogens is 2. The Morgan fingerprint density at radius 2 is 2.06 bits per heavy atom. The van der Waals surface area contributed by atoms with E-state index in [9.17, 15) is 9.18 Å². The highest BCUT2D eigenvalue weighted by Crippen LogP contribution is 2.25. The summed E-state index contributed by atoms with van der Waals surface area (Å²) < 4.78 is 19.1. The van der Waals surface area contributed by atoms with Gasteiger partial charge in [-0.2, -0.15) is 0 Å². The number of rotatable bonds is 4. The minimum atomic E-state index is -0.424. The normalized spacial score (nSPS) is 13.8. The van der Waals surface area contributed by atoms with Gasteiger partial charge in [-0.3, -0.25) is 0 Å². The maximum atomic E-state index is 13.4. The Bertz CT molecular complexity index is 471. The van der Waals surface area contributed by atoms with Crippen LogP contribution in [-0.2, 0) is 9.53 Å². The van der Waals surface area contributed by atoms with Gasteiger partial charge in [-0.05, 0) is 47.5 Å². The van der Waals surface area contributed by atoms with E-state index in [1.54, 1.807) is 19.9 Å². The zero-order chi connectivity index (χ0) is 13.9. The third-order valence-electron chi connectivity index (χ3n) is 2.81. The van der Waals surface area contributed by atoms with Crippen LogP contribution in [0.2, 0.25) is 0 Å². The molecule has 1 aromatic carbocycles. The highest BCUT2D eigenvalue weighted by molar-refractivity contribution is 9.10. The van der Waals surface area contributed by atoms with E-state index in [0.717, 1.165) is 5.56 Å². The molecular formula is C14H16BrFO2. The minimum absolute atomic E-state index is 0.0871. The Labute approximate surface area is 115 Å². The molecule has 0 radical (unpaired) electrons. The van der Waals surface area contributed by atoms with E-state index in [4.69, 9.17) is 4.74 Å². The van der Waals surface area contributed by atoms with Gasteiger partial charge in [0.2, 0.25) is 0 Å². The lowest BCUT2D eigenvalue weighted by Crippen LogP contribution is -2.21. The summed E-state index contributed by atoms with van der Waals surface area (Å²) in [5.74, 6) is -0.833. The van der Waals surface area contributed by atoms with Crippen molar-refractivity contribution < 1.29 is 13.9 Å². The fraction of sp³-hybridized carbons (Fsp3) is 0.357. The van der Waals surface area contributed by atoms with Crippen molar-refractivity contribution in [2.45, 2.75) is 32.8 Å². The molecule has 0 amide bonds. The molecule has 0 saturated heterocycles. The number of hydrogen-bond acceptors (Lipinski definition) is 2. The van der Waals surface area contributed by atoms with Gasteiger partial charge in [0.15, 0.2) is 0 Å². The standard InChI is InChI=1S/C14H16BrFO2/c1-8(2)14(17)18-10(4)9(3)11-5-6-12(15)13(16)7-11/h5-7,9-10H,1H2,2-4H3. The number of benzene rings is 1. The molecule has 98 valence electrons. The van der Waals surface area contributed by atoms with E-state index in [-0.39, 0.29) is 17.8 Å². The van der Waals surface area contributed by atoms with Crippen LogP contribution in [0.5, 0.6) is 0 Å². The predicted molar refractivity (Wildman–Crippen MR) is 72.9 cm³/mol. The summed E-state index contributed by atoms with van der Waals surface area (Å²) in [7, 11) is 0. The monoisotopic (exact) mass is 314 g/mol. The number of hydrogen-bond donors (Lipinski definition) is 0. The van der Waals surface area contributed by atoms with Gasteiger partial charge in [0.25, 0.3) is 0 Å². The average molecular weight is 315 g/mol. The minimum Gasteiger partial charge on any atom is -0.459 e. The highest BCUT2D eigenvalue weighted by Gasteiger charge is 2.19. The zero-order valence-corrected chi connectivity index (χ0v) is 12.3. The van der Waals surface area contributed by atoms with Crippen molar-refractivity contribution >= 4 is 21.9 Å². The molecule has 18 heavy (non-hydrogen) atoms. The number of carbonyl (C=O) groups is 1. The largest absolute Gasteiger partial charge is 0.459 e. The summed E-state index contributed by atoms with van der Waals surface area (Å²) in [5.41, 5.74) is 1.15. The molecule has 0 N–H and O–H groups in total. The lowest BCUT2D eigenvalue weighted by molar-refractivity contribution is -0.144. The Balaban J connectivity index is 2.79. The molecule has 0 aromatic heterocycles. The van der Waals surface area contributed by atoms with Crippen molar-refractivity contribution in [3.63, 3.8) is 0 Å². The summed E-state index contributed by atoms with van der Waals surface area (Å²) in [6.07, 6.45) is -0.338. The average Bonchev–Trinajstić information content (AvgIpc) is 2.31. The predicted octanol–water partition coefficient (Wildman–Crippen LogP) is 4.20. The van der Waals surface area contributed by atoms with Crippen molar-refractivity contribution in [2.75, 3.05) is 0 Å². The third kappa shape index (κ3) is 3.67. The summed E-state index contributed by atoms with van der Waals surface area (Å²) in [6.45, 7) is 8.79. The van der Waals surface area contributed by atoms with Crippen molar-refractivity contribution in [1.29, 1.82) is 0 Å². The highest BCUT2D eigenvalue weighted by atomic mass is 79.9. The molecule has 0 aliphatic heterocycles. The van der Waals surface area contributed by atoms with Gasteiger partial charge < -0.3 is 4.74 Å². The number of esters is 1. The lowest BCUT2D eigenvalue weighted by Gasteiger charge is -2.21. The molecule has 0 saturated carbocycles. The molecule has 0 bridgehead atoms. The van der Waals surface area contributed by atoms with E-state index in [1.807, 2.05) is 13.0 Å². The molecular weight excluding hydrogens is 299 g/mol. The molecule has 0 spiro atoms. The second-order valence-corrected chi connectivity index (χ2v) is 5.21. The molecule has 2 nitrogen and oxygen atoms in total. The molecule has 0 heterocycles. The fourth-order valence-corrected chi connectivity index (χ4v) is 1.68. The maximum Gasteiger partial charge on any atom is 0.333 e. The van der Waals surface area contributed by atoms with Crippen LogP contribution >= 0.6 is 15.9 Å². The van der Waals surface area contributed by atoms with E-state index >= 15 is 0 Å². The van der Waals surface area contributed by atoms with Gasteiger partial charge in [-0.15, -0.1) is 0 Å². The Morgan fingerprint density at radius 1 is 1.44 bits per heavy atom. The summed E-state index contributed by atoms with van der Waals surface area (Å²) >= 11 is 3.10. The molecule has 1 aromatic rings. The summed E-state index contributed by atoms with van der Waals surface area (Å²) in [6, 6.07) is 4.90. The first-order chi connectivity index (χ1) is 8.32. The van der Waals surface area contributed by atoms with E-state index in [2.05, 4.69) is 22.5 Å². The maximum absolute atomic E-state index is 13.4. The third-order valence-corrected chi connectivity index (χ3v) is 3.46. The smallest absolute Gasteiger partial charge is 0.333 e. The van der Waals surface area contributed by atoms with Crippen molar-refractivity contribution in [1.82, 2.24) is 0 Å². The Hall–Kier alpha value is -1.16. The van der Waals surface area contributed by atoms with Crippen molar-refractivity contribution in [2.24, 2.45) is 0 Å². The first kappa shape index (κ1) is 14.9. The molecule has 2 atom stereocenters. The molecule has 1 rings (SSSR count). The molecule has 0 fully saturated rings. The van der Waals surface area contributed by atoms with Crippen LogP contribution in [0.4, 0.5) is 4.39 Å². The number of carbonyl (C=O) groups excluding carboxylic acids is 1. The second kappa shape index (κ2) is 6.14. The first-order valence-corrected chi connectivity index (χ1v) is 6.43. The van der Waals surface area contributed by atoms with Crippen LogP contribution in [0.3, 0.4) is 0 Å². The Kier molecular flexibility index (Phi) is 5.08. The Morgan fingerprint density at radius 3 is 2.56 bits per heavy atom. The van der Waals surface area contributed by atoms with Gasteiger partial charge in [0, 0.05) is 11.5 Å². The quantitative estimate of drug-likeness (QED) is 0.615. The van der Waals surface area contributed by atoms with Crippen molar-refractivity contribution in [3.8, 4) is 0 Å². The van der Waals surface area contributed by atoms with E-state index in [1.165, 1.54) is 6.07 Å². The van der Waals surface area contributed by atoms with Gasteiger partial charge >= 0.3 is 5.97 Å². The first-order valence-electron chi connectivity index (χ1n) is 5.64. The van der Waals surface area contributed by atoms with Crippen LogP contribution in [0, 0.1) is 5.82 Å². The molecule has 2 unspecified atom stereocenters. The SMILES string of the molecule is C=C(C)C(=O)OC(C)C(C)c1ccc(Br)c(F)c1. The van der Waals surface area contributed by atoms with Crippen LogP contribution in [0.15, 0.2) is 34.8 Å². The molecule has 4 heteroatoms. The number of ether oxygens (including phenoxy) is 1. The summed E-state index contributed by atoms with van der Waals surface area (Å²) in [5, 5.41) is 0. The van der Waals surface area contributed by atoms with Crippen LogP contribution in [-0.4, -0.2) is 12.1 Å². The van der Waals surface area contributed by atoms with Crippen LogP contribution in [0.1, 0.15) is 32.3 Å². The second-order valence-electron chi connectivity index (χ2n) is 4.35. The molecule has 0 aliphatic carbocycles. The van der Waals surface area contributed by atoms with Crippen molar-refractivity contribution in [3.05, 3.63) is 46.2 Å². The van der Waals surface area contributed by atoms with Gasteiger partial charge in [0.05, 0.1) is 4.47 Å². The van der Waals surface area contributed by atoms with Crippen LogP contribution in [0.25, 0.3) is 0 Å². The zero-order valence-electron chi connectivity index (χ0n) is 10.7. The van der Waals surface area contributed by atoms with Gasteiger partial charge in [0.1, 0.15) is 11.9 Å². The van der Waals surface area contributed by atoms with Gasteiger partial charge in [-0.1, -0.05) is 19.6 Å². The summed E-state index contributed by atoms with van der Waals surface area (Å²) in [4.78, 5) is 11.4.